The summed E-state index contributed by atoms with van der Waals surface area (Å²) in [5.41, 5.74) is -1.30. The predicted molar refractivity (Wildman–Crippen MR) is 74.3 cm³/mol. The highest BCUT2D eigenvalue weighted by molar-refractivity contribution is 5.69. The van der Waals surface area contributed by atoms with Crippen LogP contribution in [-0.2, 0) is 16.1 Å². The van der Waals surface area contributed by atoms with Crippen molar-refractivity contribution in [3.63, 3.8) is 0 Å². The van der Waals surface area contributed by atoms with Crippen LogP contribution in [0.2, 0.25) is 0 Å². The van der Waals surface area contributed by atoms with Crippen molar-refractivity contribution >= 4 is 11.7 Å². The maximum atomic E-state index is 11.8. The zero-order chi connectivity index (χ0) is 15.8. The first kappa shape index (κ1) is 16.9. The highest BCUT2D eigenvalue weighted by atomic mass is 16.5. The van der Waals surface area contributed by atoms with Gasteiger partial charge in [0.2, 0.25) is 0 Å². The topological polar surface area (TPSA) is 125 Å². The van der Waals surface area contributed by atoms with E-state index in [0.29, 0.717) is 0 Å². The molecule has 0 spiro atoms. The molecule has 0 aromatic carbocycles. The van der Waals surface area contributed by atoms with E-state index in [1.807, 2.05) is 0 Å². The van der Waals surface area contributed by atoms with Crippen molar-refractivity contribution in [2.45, 2.75) is 13.5 Å². The van der Waals surface area contributed by atoms with E-state index in [9.17, 15) is 14.4 Å². The molecular weight excluding hydrogens is 282 g/mol. The van der Waals surface area contributed by atoms with Crippen LogP contribution < -0.4 is 16.1 Å². The molecule has 0 unspecified atom stereocenters. The summed E-state index contributed by atoms with van der Waals surface area (Å²) in [6.07, 6.45) is 1.21. The summed E-state index contributed by atoms with van der Waals surface area (Å²) in [6, 6.07) is 0. The first-order chi connectivity index (χ1) is 10.0. The fourth-order valence-corrected chi connectivity index (χ4v) is 1.78. The summed E-state index contributed by atoms with van der Waals surface area (Å²) < 4.78 is 5.75. The lowest BCUT2D eigenvalue weighted by molar-refractivity contribution is -0.143. The molecular formula is C12H19N3O6. The zero-order valence-corrected chi connectivity index (χ0v) is 11.7. The molecule has 118 valence electrons. The van der Waals surface area contributed by atoms with Crippen molar-refractivity contribution in [3.8, 4) is 0 Å². The molecule has 0 amide bonds. The maximum Gasteiger partial charge on any atom is 0.328 e. The lowest BCUT2D eigenvalue weighted by atomic mass is 10.4. The van der Waals surface area contributed by atoms with Crippen LogP contribution in [0.15, 0.2) is 15.8 Å². The van der Waals surface area contributed by atoms with E-state index < -0.39 is 17.2 Å². The molecule has 0 saturated carbocycles. The number of esters is 1. The second-order valence-corrected chi connectivity index (χ2v) is 4.14. The van der Waals surface area contributed by atoms with Crippen LogP contribution in [0.4, 0.5) is 5.69 Å². The molecule has 0 aliphatic carbocycles. The highest BCUT2D eigenvalue weighted by Gasteiger charge is 2.14. The Morgan fingerprint density at radius 3 is 2.48 bits per heavy atom. The van der Waals surface area contributed by atoms with E-state index in [1.165, 1.54) is 11.1 Å². The van der Waals surface area contributed by atoms with Crippen LogP contribution in [0.5, 0.6) is 0 Å². The molecule has 9 heteroatoms. The smallest absolute Gasteiger partial charge is 0.328 e. The van der Waals surface area contributed by atoms with Crippen molar-refractivity contribution in [1.82, 2.24) is 9.55 Å². The van der Waals surface area contributed by atoms with E-state index in [4.69, 9.17) is 14.9 Å². The van der Waals surface area contributed by atoms with Gasteiger partial charge in [-0.05, 0) is 6.92 Å². The van der Waals surface area contributed by atoms with Gasteiger partial charge in [0.05, 0.1) is 19.8 Å². The Morgan fingerprint density at radius 2 is 1.95 bits per heavy atom. The van der Waals surface area contributed by atoms with Crippen LogP contribution >= 0.6 is 0 Å². The van der Waals surface area contributed by atoms with Crippen molar-refractivity contribution in [3.05, 3.63) is 27.0 Å². The van der Waals surface area contributed by atoms with Gasteiger partial charge in [0.15, 0.2) is 0 Å². The monoisotopic (exact) mass is 301 g/mol. The standard InChI is InChI=1S/C12H19N3O6/c1-2-21-10(18)8-15-7-9(11(19)13-12(15)20)14(3-5-16)4-6-17/h7,16-17H,2-6,8H2,1H3,(H,13,19,20). The van der Waals surface area contributed by atoms with E-state index in [2.05, 4.69) is 4.98 Å². The Kier molecular flexibility index (Phi) is 6.63. The normalized spacial score (nSPS) is 10.4. The quantitative estimate of drug-likeness (QED) is 0.469. The van der Waals surface area contributed by atoms with Gasteiger partial charge in [-0.1, -0.05) is 0 Å². The molecule has 0 aliphatic heterocycles. The minimum absolute atomic E-state index is 0.0852. The van der Waals surface area contributed by atoms with Gasteiger partial charge in [0, 0.05) is 19.3 Å². The van der Waals surface area contributed by atoms with Crippen LogP contribution in [0.3, 0.4) is 0 Å². The molecule has 1 aromatic rings. The number of aliphatic hydroxyl groups is 2. The predicted octanol–water partition coefficient (Wildman–Crippen LogP) is -2.11. The molecule has 0 aliphatic rings. The number of hydrogen-bond donors (Lipinski definition) is 3. The number of aromatic nitrogens is 2. The first-order valence-corrected chi connectivity index (χ1v) is 6.49. The summed E-state index contributed by atoms with van der Waals surface area (Å²) in [5, 5.41) is 18.0. The summed E-state index contributed by atoms with van der Waals surface area (Å²) in [4.78, 5) is 38.4. The van der Waals surface area contributed by atoms with Crippen LogP contribution in [0, 0.1) is 0 Å². The molecule has 0 bridgehead atoms. The number of carbonyl (C=O) groups is 1. The summed E-state index contributed by atoms with van der Waals surface area (Å²) in [7, 11) is 0. The molecule has 0 fully saturated rings. The number of carbonyl (C=O) groups excluding carboxylic acids is 1. The van der Waals surface area contributed by atoms with Crippen molar-refractivity contribution in [1.29, 1.82) is 0 Å². The Labute approximate surface area is 120 Å². The number of H-pyrrole nitrogens is 1. The first-order valence-electron chi connectivity index (χ1n) is 6.49. The van der Waals surface area contributed by atoms with Gasteiger partial charge in [0.1, 0.15) is 12.2 Å². The fourth-order valence-electron chi connectivity index (χ4n) is 1.78. The van der Waals surface area contributed by atoms with Crippen molar-refractivity contribution in [2.75, 3.05) is 37.8 Å². The molecule has 3 N–H and O–H groups in total. The average molecular weight is 301 g/mol. The van der Waals surface area contributed by atoms with Gasteiger partial charge in [-0.15, -0.1) is 0 Å². The largest absolute Gasteiger partial charge is 0.465 e. The third kappa shape index (κ3) is 4.72. The molecule has 1 heterocycles. The van der Waals surface area contributed by atoms with Gasteiger partial charge < -0.3 is 19.8 Å². The maximum absolute atomic E-state index is 11.8. The lowest BCUT2D eigenvalue weighted by Gasteiger charge is -2.22. The Hall–Kier alpha value is -2.13. The van der Waals surface area contributed by atoms with E-state index in [-0.39, 0.29) is 45.1 Å². The summed E-state index contributed by atoms with van der Waals surface area (Å²) in [5.74, 6) is -0.603. The third-order valence-corrected chi connectivity index (χ3v) is 2.68. The third-order valence-electron chi connectivity index (χ3n) is 2.68. The van der Waals surface area contributed by atoms with E-state index in [1.54, 1.807) is 6.92 Å². The zero-order valence-electron chi connectivity index (χ0n) is 11.7. The second kappa shape index (κ2) is 8.22. The fraction of sp³-hybridized carbons (Fsp3) is 0.583. The van der Waals surface area contributed by atoms with Crippen LogP contribution in [0.25, 0.3) is 0 Å². The van der Waals surface area contributed by atoms with Gasteiger partial charge in [-0.2, -0.15) is 0 Å². The number of nitrogens with zero attached hydrogens (tertiary/aromatic N) is 2. The molecule has 0 saturated heterocycles. The van der Waals surface area contributed by atoms with Crippen molar-refractivity contribution in [2.24, 2.45) is 0 Å². The number of nitrogens with one attached hydrogen (secondary N) is 1. The van der Waals surface area contributed by atoms with Crippen LogP contribution in [-0.4, -0.2) is 58.6 Å². The van der Waals surface area contributed by atoms with Crippen molar-refractivity contribution < 1.29 is 19.7 Å². The molecule has 1 rings (SSSR count). The molecule has 0 atom stereocenters. The van der Waals surface area contributed by atoms with Gasteiger partial charge in [-0.25, -0.2) is 4.79 Å². The number of hydrogen-bond acceptors (Lipinski definition) is 7. The average Bonchev–Trinajstić information content (AvgIpc) is 2.42. The number of rotatable bonds is 8. The number of ether oxygens (including phenoxy) is 1. The highest BCUT2D eigenvalue weighted by Crippen LogP contribution is 2.05. The molecule has 1 aromatic heterocycles. The minimum Gasteiger partial charge on any atom is -0.465 e. The number of aliphatic hydroxyl groups excluding tert-OH is 2. The second-order valence-electron chi connectivity index (χ2n) is 4.14. The summed E-state index contributed by atoms with van der Waals surface area (Å²) in [6.45, 7) is 1.27. The minimum atomic E-state index is -0.732. The number of aromatic amines is 1. The molecule has 21 heavy (non-hydrogen) atoms. The Balaban J connectivity index is 3.12. The van der Waals surface area contributed by atoms with Crippen LogP contribution in [0.1, 0.15) is 6.92 Å². The van der Waals surface area contributed by atoms with Gasteiger partial charge in [0.25, 0.3) is 5.56 Å². The molecule has 9 nitrogen and oxygen atoms in total. The number of anilines is 1. The Bertz CT molecular complexity index is 573. The van der Waals surface area contributed by atoms with E-state index >= 15 is 0 Å². The Morgan fingerprint density at radius 1 is 1.33 bits per heavy atom. The lowest BCUT2D eigenvalue weighted by Crippen LogP contribution is -2.39. The van der Waals surface area contributed by atoms with Gasteiger partial charge >= 0.3 is 11.7 Å². The SMILES string of the molecule is CCOC(=O)Cn1cc(N(CCO)CCO)c(=O)[nH]c1=O. The molecule has 0 radical (unpaired) electrons. The van der Waals surface area contributed by atoms with E-state index in [0.717, 1.165) is 4.57 Å². The van der Waals surface area contributed by atoms with Gasteiger partial charge in [-0.3, -0.25) is 19.1 Å². The summed E-state index contributed by atoms with van der Waals surface area (Å²) >= 11 is 0.